The summed E-state index contributed by atoms with van der Waals surface area (Å²) in [6.45, 7) is 12.9. The van der Waals surface area contributed by atoms with Crippen molar-refractivity contribution in [1.29, 1.82) is 0 Å². The van der Waals surface area contributed by atoms with E-state index >= 15 is 0 Å². The molecule has 4 saturated carbocycles. The van der Waals surface area contributed by atoms with Crippen LogP contribution >= 0.6 is 22.7 Å². The molecule has 90 heavy (non-hydrogen) atoms. The van der Waals surface area contributed by atoms with Gasteiger partial charge in [0, 0.05) is 61.4 Å². The van der Waals surface area contributed by atoms with Gasteiger partial charge >= 0.3 is 0 Å². The number of hydrogen-bond acceptors (Lipinski definition) is 15. The lowest BCUT2D eigenvalue weighted by Crippen LogP contribution is -2.57. The molecule has 13 rings (SSSR count). The molecule has 0 unspecified atom stereocenters. The van der Waals surface area contributed by atoms with Gasteiger partial charge in [-0.3, -0.25) is 34.0 Å². The minimum absolute atomic E-state index is 0.0474. The molecule has 5 fully saturated rings. The first kappa shape index (κ1) is 62.8. The van der Waals surface area contributed by atoms with Crippen molar-refractivity contribution in [1.82, 2.24) is 45.0 Å². The molecule has 0 spiro atoms. The van der Waals surface area contributed by atoms with Crippen LogP contribution in [0.5, 0.6) is 0 Å². The number of aliphatic hydroxyl groups excluding tert-OH is 1. The highest BCUT2D eigenvalue weighted by atomic mass is 32.2. The number of aryl methyl sites for hydroxylation is 1. The van der Waals surface area contributed by atoms with Gasteiger partial charge in [-0.25, -0.2) is 28.1 Å². The standard InChI is InChI=1S/C68H81N11O8S3/c1-40(46-19-21-48(22-20-46)60-41(2)69-39-88-60)71-63(83)55-31-49(80)36-78(55)65(85)61(67(4,5)6)74-58(81)18-9-7-8-12-27-90(86,87)76-64(84)59-50(52-35-70-79(42(52)3)38-68-32-43-28-44(33-68)30-45(29-43)34-68)23-24-57(73-59)77-26-25-47-14-13-15-51(53(47)37-77)62(82)75-66-72-54-16-10-11-17-56(54)89-66/h10-11,13-17,19-24,35,39-40,43-45,49,55,61,80H,7-9,12,18,25-34,36-38H2,1-6H3,(H,71,83)(H,74,81)(H,76,84)(H,72,75,82)/t40-,43?,44?,45?,49+,55-,61+,68?/m0/s1. The van der Waals surface area contributed by atoms with E-state index in [1.165, 1.54) is 54.8 Å². The molecule has 4 aromatic heterocycles. The van der Waals surface area contributed by atoms with Crippen LogP contribution in [0.15, 0.2) is 90.6 Å². The fourth-order valence-corrected chi connectivity index (χ4v) is 17.9. The van der Waals surface area contributed by atoms with Crippen molar-refractivity contribution in [2.24, 2.45) is 28.6 Å². The third-order valence-electron chi connectivity index (χ3n) is 19.4. The Morgan fingerprint density at radius 2 is 1.56 bits per heavy atom. The molecule has 22 heteroatoms. The van der Waals surface area contributed by atoms with Gasteiger partial charge in [-0.05, 0) is 160 Å². The van der Waals surface area contributed by atoms with Crippen LogP contribution in [-0.2, 0) is 43.9 Å². The number of thiazole rings is 2. The van der Waals surface area contributed by atoms with Crippen molar-refractivity contribution < 1.29 is 37.5 Å². The van der Waals surface area contributed by atoms with Gasteiger partial charge in [-0.15, -0.1) is 11.3 Å². The number of β-amino-alcohol motifs (C(OH)–C–C–N with tert-alkyl or cyclic N) is 1. The number of nitrogens with zero attached hydrogens (tertiary/aromatic N) is 7. The lowest BCUT2D eigenvalue weighted by Gasteiger charge is -2.56. The summed E-state index contributed by atoms with van der Waals surface area (Å²) in [4.78, 5) is 88.8. The Bertz CT molecular complexity index is 3910. The summed E-state index contributed by atoms with van der Waals surface area (Å²) in [7, 11) is -4.18. The van der Waals surface area contributed by atoms with Crippen molar-refractivity contribution >= 4 is 83.4 Å². The number of sulfonamides is 1. The number of hydrogen-bond donors (Lipinski definition) is 5. The predicted molar refractivity (Wildman–Crippen MR) is 350 cm³/mol. The summed E-state index contributed by atoms with van der Waals surface area (Å²) in [5.74, 6) is 0.0559. The minimum atomic E-state index is -4.18. The van der Waals surface area contributed by atoms with Crippen LogP contribution in [0.25, 0.3) is 31.8 Å². The van der Waals surface area contributed by atoms with Crippen LogP contribution in [0.2, 0.25) is 0 Å². The summed E-state index contributed by atoms with van der Waals surface area (Å²) in [5, 5.41) is 25.2. The van der Waals surface area contributed by atoms with E-state index in [4.69, 9.17) is 10.1 Å². The molecule has 6 aliphatic rings. The monoisotopic (exact) mass is 1280 g/mol. The second-order valence-electron chi connectivity index (χ2n) is 27.1. The molecule has 3 aromatic carbocycles. The number of aromatic nitrogens is 5. The van der Waals surface area contributed by atoms with E-state index < -0.39 is 51.3 Å². The number of amides is 5. The number of anilines is 2. The normalized spacial score (nSPS) is 21.9. The molecule has 7 aromatic rings. The van der Waals surface area contributed by atoms with Gasteiger partial charge in [0.05, 0.1) is 50.4 Å². The Morgan fingerprint density at radius 1 is 0.822 bits per heavy atom. The van der Waals surface area contributed by atoms with Crippen molar-refractivity contribution in [3.05, 3.63) is 130 Å². The number of carbonyl (C=O) groups excluding carboxylic acids is 5. The first-order chi connectivity index (χ1) is 43.1. The zero-order chi connectivity index (χ0) is 63.2. The van der Waals surface area contributed by atoms with Crippen molar-refractivity contribution in [2.45, 2.75) is 162 Å². The van der Waals surface area contributed by atoms with Gasteiger partial charge in [0.2, 0.25) is 27.7 Å². The van der Waals surface area contributed by atoms with Crippen LogP contribution in [-0.4, -0.2) is 110 Å². The molecule has 474 valence electrons. The smallest absolute Gasteiger partial charge is 0.284 e. The van der Waals surface area contributed by atoms with E-state index in [-0.39, 0.29) is 60.5 Å². The molecule has 5 N–H and O–H groups in total. The maximum atomic E-state index is 14.6. The fourth-order valence-electron chi connectivity index (χ4n) is 15.2. The number of fused-ring (bicyclic) bond motifs is 2. The number of aliphatic hydroxyl groups is 1. The Labute approximate surface area is 534 Å². The maximum Gasteiger partial charge on any atom is 0.284 e. The topological polar surface area (TPSA) is 251 Å². The third kappa shape index (κ3) is 13.6. The second kappa shape index (κ2) is 25.7. The van der Waals surface area contributed by atoms with E-state index in [0.717, 1.165) is 73.0 Å². The highest BCUT2D eigenvalue weighted by molar-refractivity contribution is 7.90. The van der Waals surface area contributed by atoms with Crippen LogP contribution in [0.3, 0.4) is 0 Å². The van der Waals surface area contributed by atoms with Crippen LogP contribution in [0, 0.1) is 42.4 Å². The van der Waals surface area contributed by atoms with Crippen LogP contribution in [0.1, 0.15) is 160 Å². The maximum absolute atomic E-state index is 14.6. The SMILES string of the molecule is Cc1ncsc1-c1ccc([C@H](C)NC(=O)[C@@H]2C[C@@H](O)CN2C(=O)[C@@H](NC(=O)CCCCCCS(=O)(=O)NC(=O)c2nc(N3CCc4cccc(C(=O)Nc5nc6ccccc6s5)c4C3)ccc2-c2cnn(CC34CC5CC(CC(C5)C3)C4)c2C)C(C)(C)C)cc1. The lowest BCUT2D eigenvalue weighted by molar-refractivity contribution is -0.144. The van der Waals surface area contributed by atoms with E-state index in [1.807, 2.05) is 125 Å². The molecular formula is C68H81N11O8S3. The van der Waals surface area contributed by atoms with Gasteiger partial charge in [0.15, 0.2) is 5.13 Å². The van der Waals surface area contributed by atoms with E-state index in [2.05, 4.69) is 35.3 Å². The number of pyridine rings is 1. The summed E-state index contributed by atoms with van der Waals surface area (Å²) in [5.41, 5.74) is 9.28. The number of para-hydroxylation sites is 1. The number of unbranched alkanes of at least 4 members (excludes halogenated alkanes) is 3. The number of benzene rings is 3. The van der Waals surface area contributed by atoms with Crippen LogP contribution in [0.4, 0.5) is 10.9 Å². The molecule has 4 bridgehead atoms. The van der Waals surface area contributed by atoms with Crippen molar-refractivity contribution in [3.8, 4) is 21.6 Å². The lowest BCUT2D eigenvalue weighted by atomic mass is 9.49. The zero-order valence-corrected chi connectivity index (χ0v) is 54.5. The molecular weight excluding hydrogens is 1200 g/mol. The first-order valence-electron chi connectivity index (χ1n) is 31.8. The highest BCUT2D eigenvalue weighted by Gasteiger charge is 2.51. The number of carbonyl (C=O) groups is 5. The summed E-state index contributed by atoms with van der Waals surface area (Å²) < 4.78 is 33.2. The Balaban J connectivity index is 0.679. The van der Waals surface area contributed by atoms with Gasteiger partial charge in [-0.1, -0.05) is 93.5 Å². The Morgan fingerprint density at radius 3 is 2.27 bits per heavy atom. The van der Waals surface area contributed by atoms with Crippen LogP contribution < -0.4 is 25.6 Å². The summed E-state index contributed by atoms with van der Waals surface area (Å²) in [6.07, 6.45) is 10.8. The predicted octanol–water partition coefficient (Wildman–Crippen LogP) is 10.7. The van der Waals surface area contributed by atoms with E-state index in [1.54, 1.807) is 23.6 Å². The first-order valence-corrected chi connectivity index (χ1v) is 35.1. The largest absolute Gasteiger partial charge is 0.391 e. The summed E-state index contributed by atoms with van der Waals surface area (Å²) >= 11 is 2.97. The molecule has 4 aliphatic carbocycles. The van der Waals surface area contributed by atoms with E-state index in [9.17, 15) is 37.5 Å². The molecule has 19 nitrogen and oxygen atoms in total. The average Bonchev–Trinajstić information content (AvgIpc) is 0.990. The second-order valence-corrected chi connectivity index (χ2v) is 30.9. The van der Waals surface area contributed by atoms with Gasteiger partial charge < -0.3 is 25.5 Å². The number of rotatable bonds is 21. The molecule has 2 aliphatic heterocycles. The fraction of sp³-hybridized carbons (Fsp3) is 0.485. The Hall–Kier alpha value is -7.40. The average molecular weight is 1280 g/mol. The minimum Gasteiger partial charge on any atom is -0.391 e. The van der Waals surface area contributed by atoms with Gasteiger partial charge in [0.25, 0.3) is 11.8 Å². The highest BCUT2D eigenvalue weighted by Crippen LogP contribution is 2.60. The van der Waals surface area contributed by atoms with E-state index in [0.29, 0.717) is 66.4 Å². The van der Waals surface area contributed by atoms with Gasteiger partial charge in [0.1, 0.15) is 23.6 Å². The molecule has 4 atom stereocenters. The molecule has 5 amide bonds. The van der Waals surface area contributed by atoms with Gasteiger partial charge in [-0.2, -0.15) is 5.10 Å². The van der Waals surface area contributed by atoms with Crippen molar-refractivity contribution in [3.63, 3.8) is 0 Å². The zero-order valence-electron chi connectivity index (χ0n) is 52.1. The Kier molecular flexibility index (Phi) is 17.9. The molecule has 1 saturated heterocycles. The third-order valence-corrected chi connectivity index (χ3v) is 22.6. The summed E-state index contributed by atoms with van der Waals surface area (Å²) in [6, 6.07) is 22.7. The molecule has 0 radical (unpaired) electrons. The molecule has 6 heterocycles. The quantitative estimate of drug-likeness (QED) is 0.0421. The number of nitrogens with one attached hydrogen (secondary N) is 4. The van der Waals surface area contributed by atoms with Crippen molar-refractivity contribution in [2.75, 3.05) is 29.1 Å². The number of likely N-dealkylation sites (tertiary alicyclic amines) is 1.